The Kier molecular flexibility index (Phi) is 6.98. The monoisotopic (exact) mass is 361 g/mol. The molecule has 1 aliphatic heterocycles. The van der Waals surface area contributed by atoms with Crippen molar-refractivity contribution in [1.29, 1.82) is 0 Å². The maximum absolute atomic E-state index is 10.5. The molecule has 2 heterocycles. The van der Waals surface area contributed by atoms with Gasteiger partial charge < -0.3 is 4.90 Å². The predicted molar refractivity (Wildman–Crippen MR) is 109 cm³/mol. The standard InChI is InChI=1S/C16H19N3.C7H8O/c1-13-7-10-17-16(18-13)19-11-8-15(9-12-19)14-5-3-2-4-6-14;8-7-5-3-1-2-4-6-7/h2-7,10,15H,8-9,11-12H2,1H3;1-3,5H2. The highest BCUT2D eigenvalue weighted by Crippen LogP contribution is 2.29. The molecule has 140 valence electrons. The number of benzene rings is 1. The molecule has 0 N–H and O–H groups in total. The largest absolute Gasteiger partial charge is 0.341 e. The summed E-state index contributed by atoms with van der Waals surface area (Å²) in [5, 5.41) is 0. The van der Waals surface area contributed by atoms with Gasteiger partial charge in [-0.05, 0) is 56.1 Å². The van der Waals surface area contributed by atoms with Crippen LogP contribution in [-0.4, -0.2) is 28.8 Å². The molecule has 1 aromatic heterocycles. The topological polar surface area (TPSA) is 46.1 Å². The van der Waals surface area contributed by atoms with E-state index in [4.69, 9.17) is 0 Å². The third-order valence-corrected chi connectivity index (χ3v) is 5.01. The lowest BCUT2D eigenvalue weighted by Crippen LogP contribution is -2.34. The number of hydrogen-bond donors (Lipinski definition) is 0. The lowest BCUT2D eigenvalue weighted by Gasteiger charge is -2.32. The number of carbonyl (C=O) groups is 1. The number of Topliss-reactive ketones (excluding diaryl/α,β-unsaturated/α-hetero) is 1. The van der Waals surface area contributed by atoms with Crippen LogP contribution in [0.15, 0.2) is 42.6 Å². The summed E-state index contributed by atoms with van der Waals surface area (Å²) in [4.78, 5) is 21.7. The van der Waals surface area contributed by atoms with Crippen LogP contribution in [0.25, 0.3) is 0 Å². The van der Waals surface area contributed by atoms with Gasteiger partial charge in [-0.3, -0.25) is 4.79 Å². The first-order valence-electron chi connectivity index (χ1n) is 9.83. The van der Waals surface area contributed by atoms with E-state index in [0.29, 0.717) is 12.3 Å². The zero-order chi connectivity index (χ0) is 18.9. The summed E-state index contributed by atoms with van der Waals surface area (Å²) >= 11 is 0. The van der Waals surface area contributed by atoms with E-state index in [9.17, 15) is 4.79 Å². The van der Waals surface area contributed by atoms with Crippen molar-refractivity contribution in [3.8, 4) is 11.8 Å². The van der Waals surface area contributed by atoms with Crippen molar-refractivity contribution in [1.82, 2.24) is 9.97 Å². The van der Waals surface area contributed by atoms with E-state index in [1.165, 1.54) is 18.4 Å². The molecule has 1 aromatic carbocycles. The first kappa shape index (κ1) is 19.1. The van der Waals surface area contributed by atoms with Crippen LogP contribution < -0.4 is 4.90 Å². The van der Waals surface area contributed by atoms with Gasteiger partial charge in [-0.1, -0.05) is 36.3 Å². The van der Waals surface area contributed by atoms with Gasteiger partial charge in [0.15, 0.2) is 0 Å². The number of aryl methyl sites for hydroxylation is 1. The van der Waals surface area contributed by atoms with Gasteiger partial charge in [-0.25, -0.2) is 9.97 Å². The molecule has 2 aromatic rings. The maximum atomic E-state index is 10.5. The molecular weight excluding hydrogens is 334 g/mol. The second-order valence-corrected chi connectivity index (χ2v) is 7.10. The van der Waals surface area contributed by atoms with Crippen LogP contribution in [0.4, 0.5) is 5.95 Å². The number of ketones is 1. The van der Waals surface area contributed by atoms with Gasteiger partial charge in [0.25, 0.3) is 0 Å². The molecule has 4 nitrogen and oxygen atoms in total. The van der Waals surface area contributed by atoms with E-state index in [2.05, 4.69) is 57.0 Å². The van der Waals surface area contributed by atoms with Crippen LogP contribution in [-0.2, 0) is 4.79 Å². The fraction of sp³-hybridized carbons (Fsp3) is 0.435. The molecule has 1 aliphatic carbocycles. The predicted octanol–water partition coefficient (Wildman–Crippen LogP) is 4.30. The average Bonchev–Trinajstić information content (AvgIpc) is 2.97. The Bertz CT molecular complexity index is 799. The summed E-state index contributed by atoms with van der Waals surface area (Å²) < 4.78 is 0. The summed E-state index contributed by atoms with van der Waals surface area (Å²) in [6, 6.07) is 12.8. The average molecular weight is 361 g/mol. The number of piperidine rings is 1. The fourth-order valence-electron chi connectivity index (χ4n) is 3.45. The Hall–Kier alpha value is -2.67. The highest BCUT2D eigenvalue weighted by Gasteiger charge is 2.21. The Morgan fingerprint density at radius 2 is 1.85 bits per heavy atom. The first-order valence-corrected chi connectivity index (χ1v) is 9.83. The highest BCUT2D eigenvalue weighted by molar-refractivity contribution is 5.95. The summed E-state index contributed by atoms with van der Waals surface area (Å²) in [6.45, 7) is 4.11. The Balaban J connectivity index is 0.000000221. The molecule has 0 atom stereocenters. The molecular formula is C23H27N3O. The zero-order valence-electron chi connectivity index (χ0n) is 16.0. The molecule has 2 aliphatic rings. The minimum atomic E-state index is 0.113. The van der Waals surface area contributed by atoms with Gasteiger partial charge in [0.2, 0.25) is 11.7 Å². The van der Waals surface area contributed by atoms with Crippen LogP contribution >= 0.6 is 0 Å². The molecule has 0 spiro atoms. The van der Waals surface area contributed by atoms with Crippen molar-refractivity contribution in [3.05, 3.63) is 53.9 Å². The van der Waals surface area contributed by atoms with Crippen LogP contribution in [0.3, 0.4) is 0 Å². The van der Waals surface area contributed by atoms with Crippen molar-refractivity contribution < 1.29 is 4.79 Å². The van der Waals surface area contributed by atoms with Crippen molar-refractivity contribution >= 4 is 11.7 Å². The molecule has 0 radical (unpaired) electrons. The van der Waals surface area contributed by atoms with Crippen molar-refractivity contribution in [3.63, 3.8) is 0 Å². The fourth-order valence-corrected chi connectivity index (χ4v) is 3.45. The van der Waals surface area contributed by atoms with Gasteiger partial charge >= 0.3 is 0 Å². The van der Waals surface area contributed by atoms with Crippen molar-refractivity contribution in [2.75, 3.05) is 18.0 Å². The Morgan fingerprint density at radius 1 is 1.07 bits per heavy atom. The number of anilines is 1. The molecule has 0 bridgehead atoms. The van der Waals surface area contributed by atoms with Crippen LogP contribution in [0, 0.1) is 18.8 Å². The minimum Gasteiger partial charge on any atom is -0.341 e. The second-order valence-electron chi connectivity index (χ2n) is 7.10. The number of rotatable bonds is 2. The molecule has 27 heavy (non-hydrogen) atoms. The van der Waals surface area contributed by atoms with Crippen molar-refractivity contribution in [2.24, 2.45) is 0 Å². The Labute approximate surface area is 162 Å². The molecule has 0 amide bonds. The quantitative estimate of drug-likeness (QED) is 0.591. The first-order chi connectivity index (χ1) is 13.2. The number of carbonyl (C=O) groups excluding carboxylic acids is 1. The highest BCUT2D eigenvalue weighted by atomic mass is 16.1. The minimum absolute atomic E-state index is 0.113. The van der Waals surface area contributed by atoms with E-state index >= 15 is 0 Å². The SMILES string of the molecule is Cc1ccnc(N2CCC(c3ccccc3)CC2)n1.O=C1C#CCCCC1. The number of aromatic nitrogens is 2. The molecule has 1 fully saturated rings. The van der Waals surface area contributed by atoms with Gasteiger partial charge in [-0.15, -0.1) is 0 Å². The summed E-state index contributed by atoms with van der Waals surface area (Å²) in [5.41, 5.74) is 2.50. The number of hydrogen-bond acceptors (Lipinski definition) is 4. The summed E-state index contributed by atoms with van der Waals surface area (Å²) in [6.07, 6.45) is 7.90. The smallest absolute Gasteiger partial charge is 0.225 e. The van der Waals surface area contributed by atoms with E-state index in [-0.39, 0.29) is 5.78 Å². The van der Waals surface area contributed by atoms with E-state index < -0.39 is 0 Å². The number of nitrogens with zero attached hydrogens (tertiary/aromatic N) is 3. The molecule has 0 saturated carbocycles. The molecule has 4 heteroatoms. The van der Waals surface area contributed by atoms with Crippen molar-refractivity contribution in [2.45, 2.75) is 51.4 Å². The maximum Gasteiger partial charge on any atom is 0.225 e. The van der Waals surface area contributed by atoms with Crippen LogP contribution in [0.2, 0.25) is 0 Å². The van der Waals surface area contributed by atoms with Gasteiger partial charge in [0.1, 0.15) is 0 Å². The third-order valence-electron chi connectivity index (χ3n) is 5.01. The molecule has 4 rings (SSSR count). The van der Waals surface area contributed by atoms with E-state index in [0.717, 1.165) is 44.0 Å². The lowest BCUT2D eigenvalue weighted by molar-refractivity contribution is -0.113. The van der Waals surface area contributed by atoms with Crippen LogP contribution in [0.1, 0.15) is 55.7 Å². The molecule has 0 unspecified atom stereocenters. The van der Waals surface area contributed by atoms with Gasteiger partial charge in [-0.2, -0.15) is 0 Å². The normalized spacial score (nSPS) is 17.2. The van der Waals surface area contributed by atoms with Gasteiger partial charge in [0, 0.05) is 37.8 Å². The van der Waals surface area contributed by atoms with E-state index in [1.807, 2.05) is 19.2 Å². The third kappa shape index (κ3) is 5.92. The second kappa shape index (κ2) is 9.87. The summed E-state index contributed by atoms with van der Waals surface area (Å²) in [5.74, 6) is 7.03. The van der Waals surface area contributed by atoms with Gasteiger partial charge in [0.05, 0.1) is 0 Å². The lowest BCUT2D eigenvalue weighted by atomic mass is 9.90. The van der Waals surface area contributed by atoms with Crippen LogP contribution in [0.5, 0.6) is 0 Å². The summed E-state index contributed by atoms with van der Waals surface area (Å²) in [7, 11) is 0. The zero-order valence-corrected chi connectivity index (χ0v) is 16.0. The van der Waals surface area contributed by atoms with E-state index in [1.54, 1.807) is 0 Å². The Morgan fingerprint density at radius 3 is 2.59 bits per heavy atom. The molecule has 1 saturated heterocycles.